The SMILES string of the molecule is CC(C)(C)OC(=O)NCC(=O)OC(=O)C(C)(C)C.CCC[C@@H]1C[C@@H](C(=O)N[C@H]([C@H](C)N)[C@H]2OC(SC)[C@H](O)[C@H](O)C2O)N(C)C1.CCC[C@@H]1C[C@@H](C(=O)N[C@H]([C@H](C)NC(=O)CN)[C@H]2OC(SC)[C@H](O)[C@H](O)C2O)N(C)C1.CSF.CSF. The largest absolute Gasteiger partial charge is 0.444 e. The third kappa shape index (κ3) is 27.1. The third-order valence-electron chi connectivity index (χ3n) is 13.5. The van der Waals surface area contributed by atoms with Crippen LogP contribution in [0.3, 0.4) is 0 Å². The standard InChI is InChI=1S/C20H38N4O6S.C18H35N3O5S.C12H21NO5.2CH3FS/c1-5-6-11-7-12(24(3)9-11)19(29)23-14(10(2)22-13(25)8-21)18-16(27)15(26)17(28)20(30-18)31-4;1-5-6-10-7-11(21(3)8-10)17(25)20-12(9(2)19)16-14(23)13(22)15(24)18(26-16)27-4;1-11(2,3)9(15)17-8(14)7-13-10(16)18-12(4,5)6;2*1-3-2/h10-12,14-18,20,26-28H,5-9,21H2,1-4H3,(H,22,25)(H,23,29);9-16,18,22-24H,5-8,19H2,1-4H3,(H,20,25);7H2,1-6H3,(H,13,16);2*1H3/t10-,11+,12-,14+,15+,16?,17+,18+,20?;9-,10+,11-,12+,13+,14?,15+,16+,18?;;;/m00.../s1. The number of esters is 2. The first kappa shape index (κ1) is 79.6. The van der Waals surface area contributed by atoms with Crippen LogP contribution >= 0.6 is 47.8 Å². The van der Waals surface area contributed by atoms with Crippen LogP contribution in [0.4, 0.5) is 12.6 Å². The van der Waals surface area contributed by atoms with E-state index in [0.29, 0.717) is 11.8 Å². The number of likely N-dealkylation sites (tertiary alicyclic amines) is 2. The summed E-state index contributed by atoms with van der Waals surface area (Å²) in [6.45, 7) is 18.7. The van der Waals surface area contributed by atoms with E-state index in [1.807, 2.05) is 19.0 Å². The molecule has 4 amide bonds. The minimum absolute atomic E-state index is 0.143. The molecule has 0 saturated carbocycles. The van der Waals surface area contributed by atoms with E-state index in [1.165, 1.54) is 36.0 Å². The first-order valence-corrected chi connectivity index (χ1v) is 32.1. The number of nitrogens with one attached hydrogen (secondary N) is 4. The topological polar surface area (TPSA) is 367 Å². The fourth-order valence-electron chi connectivity index (χ4n) is 9.47. The Morgan fingerprint density at radius 2 is 1.06 bits per heavy atom. The van der Waals surface area contributed by atoms with Gasteiger partial charge in [0.25, 0.3) is 0 Å². The van der Waals surface area contributed by atoms with Gasteiger partial charge in [0.05, 0.1) is 36.1 Å². The lowest BCUT2D eigenvalue weighted by atomic mass is 9.90. The van der Waals surface area contributed by atoms with Gasteiger partial charge >= 0.3 is 18.0 Å². The molecule has 4 aliphatic rings. The van der Waals surface area contributed by atoms with Crippen LogP contribution in [-0.4, -0.2) is 243 Å². The molecule has 4 saturated heterocycles. The van der Waals surface area contributed by atoms with E-state index >= 15 is 0 Å². The van der Waals surface area contributed by atoms with Gasteiger partial charge in [0.2, 0.25) is 17.7 Å². The molecule has 4 aliphatic heterocycles. The number of hydrogen-bond acceptors (Lipinski definition) is 24. The maximum atomic E-state index is 13.2. The van der Waals surface area contributed by atoms with Gasteiger partial charge in [-0.2, -0.15) is 7.77 Å². The van der Waals surface area contributed by atoms with Gasteiger partial charge in [-0.1, -0.05) is 26.7 Å². The number of nitrogens with zero attached hydrogens (tertiary/aromatic N) is 2. The van der Waals surface area contributed by atoms with Crippen molar-refractivity contribution in [1.82, 2.24) is 31.1 Å². The van der Waals surface area contributed by atoms with E-state index in [-0.39, 0.29) is 54.7 Å². The van der Waals surface area contributed by atoms with Gasteiger partial charge < -0.3 is 82.3 Å². The van der Waals surface area contributed by atoms with E-state index in [4.69, 9.17) is 25.7 Å². The van der Waals surface area contributed by atoms with Crippen LogP contribution in [0.15, 0.2) is 0 Å². The average Bonchev–Trinajstić information content (AvgIpc) is 3.96. The molecular weight excluding hydrogens is 1160 g/mol. The van der Waals surface area contributed by atoms with Gasteiger partial charge in [0.1, 0.15) is 71.8 Å². The number of nitrogens with two attached hydrogens (primary N) is 2. The number of amides is 4. The fourth-order valence-corrected chi connectivity index (χ4v) is 10.8. The molecule has 30 heteroatoms. The van der Waals surface area contributed by atoms with Gasteiger partial charge in [-0.05, 0) is 120 Å². The number of likely N-dealkylation sites (N-methyl/N-ethyl adjacent to an activating group) is 2. The quantitative estimate of drug-likeness (QED) is 0.0682. The predicted molar refractivity (Wildman–Crippen MR) is 317 cm³/mol. The highest BCUT2D eigenvalue weighted by molar-refractivity contribution is 7.99. The van der Waals surface area contributed by atoms with Gasteiger partial charge in [-0.3, -0.25) is 29.0 Å². The Balaban J connectivity index is 0.00000118. The van der Waals surface area contributed by atoms with Crippen molar-refractivity contribution in [3.63, 3.8) is 0 Å². The normalized spacial score (nSPS) is 29.8. The number of aliphatic hydroxyl groups excluding tert-OH is 6. The van der Waals surface area contributed by atoms with Crippen molar-refractivity contribution >= 4 is 83.6 Å². The monoisotopic (exact) mass is 1260 g/mol. The first-order valence-electron chi connectivity index (χ1n) is 27.3. The second kappa shape index (κ2) is 39.4. The van der Waals surface area contributed by atoms with Crippen LogP contribution in [0.25, 0.3) is 0 Å². The number of hydrogen-bond donors (Lipinski definition) is 12. The number of carbonyl (C=O) groups excluding carboxylic acids is 6. The number of carbonyl (C=O) groups is 6. The predicted octanol–water partition coefficient (Wildman–Crippen LogP) is 1.43. The van der Waals surface area contributed by atoms with Crippen LogP contribution in [-0.2, 0) is 42.9 Å². The lowest BCUT2D eigenvalue weighted by Gasteiger charge is -2.45. The molecule has 0 aromatic rings. The van der Waals surface area contributed by atoms with Crippen LogP contribution < -0.4 is 32.7 Å². The molecule has 0 bridgehead atoms. The minimum atomic E-state index is -1.45. The fraction of sp³-hybridized carbons (Fsp3) is 0.885. The Morgan fingerprint density at radius 3 is 1.40 bits per heavy atom. The van der Waals surface area contributed by atoms with E-state index in [9.17, 15) is 67.2 Å². The zero-order valence-corrected chi connectivity index (χ0v) is 53.9. The Labute approximate surface area is 501 Å². The van der Waals surface area contributed by atoms with Gasteiger partial charge in [0.15, 0.2) is 0 Å². The maximum Gasteiger partial charge on any atom is 0.408 e. The Hall–Kier alpha value is -2.40. The molecule has 14 N–H and O–H groups in total. The van der Waals surface area contributed by atoms with E-state index < -0.39 is 125 Å². The van der Waals surface area contributed by atoms with Crippen LogP contribution in [0, 0.1) is 17.3 Å². The third-order valence-corrected chi connectivity index (χ3v) is 15.3. The van der Waals surface area contributed by atoms with Crippen molar-refractivity contribution in [1.29, 1.82) is 0 Å². The van der Waals surface area contributed by atoms with Gasteiger partial charge in [-0.25, -0.2) is 9.59 Å². The molecule has 482 valence electrons. The molecule has 4 fully saturated rings. The number of aliphatic hydroxyl groups is 6. The Kier molecular flexibility index (Phi) is 38.2. The second-order valence-corrected chi connectivity index (χ2v) is 25.2. The molecule has 18 atom stereocenters. The molecule has 0 spiro atoms. The van der Waals surface area contributed by atoms with E-state index in [2.05, 4.69) is 44.8 Å². The lowest BCUT2D eigenvalue weighted by molar-refractivity contribution is -0.207. The number of alkyl carbamates (subject to hydrolysis) is 1. The summed E-state index contributed by atoms with van der Waals surface area (Å²) in [5, 5.41) is 72.6. The van der Waals surface area contributed by atoms with Crippen LogP contribution in [0.2, 0.25) is 0 Å². The molecule has 4 unspecified atom stereocenters. The lowest BCUT2D eigenvalue weighted by Crippen LogP contribution is -2.67. The Bertz CT molecular complexity index is 1900. The van der Waals surface area contributed by atoms with Crippen molar-refractivity contribution in [3.05, 3.63) is 0 Å². The summed E-state index contributed by atoms with van der Waals surface area (Å²) in [5.74, 6) is -1.31. The van der Waals surface area contributed by atoms with E-state index in [0.717, 1.165) is 51.6 Å². The number of ether oxygens (including phenoxy) is 4. The number of rotatable bonds is 18. The van der Waals surface area contributed by atoms with Crippen molar-refractivity contribution < 1.29 is 86.1 Å². The number of halogens is 2. The summed E-state index contributed by atoms with van der Waals surface area (Å²) >= 11 is 2.93. The molecule has 0 aliphatic carbocycles. The van der Waals surface area contributed by atoms with Crippen molar-refractivity contribution in [2.75, 3.05) is 65.3 Å². The Morgan fingerprint density at radius 1 is 0.671 bits per heavy atom. The van der Waals surface area contributed by atoms with Crippen molar-refractivity contribution in [2.24, 2.45) is 28.7 Å². The van der Waals surface area contributed by atoms with Crippen LogP contribution in [0.5, 0.6) is 0 Å². The summed E-state index contributed by atoms with van der Waals surface area (Å²) in [6, 6.07) is -3.23. The molecular formula is C52H100F2N8O16S4. The van der Waals surface area contributed by atoms with Gasteiger partial charge in [0, 0.05) is 62.0 Å². The molecule has 0 radical (unpaired) electrons. The van der Waals surface area contributed by atoms with E-state index in [1.54, 1.807) is 67.9 Å². The minimum Gasteiger partial charge on any atom is -0.444 e. The summed E-state index contributed by atoms with van der Waals surface area (Å²) in [6.07, 6.45) is 1.27. The molecule has 0 aromatic heterocycles. The smallest absolute Gasteiger partial charge is 0.408 e. The highest BCUT2D eigenvalue weighted by atomic mass is 32.2. The summed E-state index contributed by atoms with van der Waals surface area (Å²) in [4.78, 5) is 75.9. The summed E-state index contributed by atoms with van der Waals surface area (Å²) < 4.78 is 41.6. The molecule has 82 heavy (non-hydrogen) atoms. The van der Waals surface area contributed by atoms with Crippen molar-refractivity contribution in [3.8, 4) is 0 Å². The average molecular weight is 1260 g/mol. The van der Waals surface area contributed by atoms with Crippen LogP contribution in [0.1, 0.15) is 108 Å². The molecule has 4 rings (SSSR count). The summed E-state index contributed by atoms with van der Waals surface area (Å²) in [7, 11) is 3.85. The highest BCUT2D eigenvalue weighted by Gasteiger charge is 2.50. The number of thioether (sulfide) groups is 2. The molecule has 24 nitrogen and oxygen atoms in total. The molecule has 4 heterocycles. The summed E-state index contributed by atoms with van der Waals surface area (Å²) in [5.41, 5.74) is 8.60. The van der Waals surface area contributed by atoms with Crippen molar-refractivity contribution in [2.45, 2.75) is 209 Å². The highest BCUT2D eigenvalue weighted by Crippen LogP contribution is 2.33. The second-order valence-electron chi connectivity index (χ2n) is 22.7. The first-order chi connectivity index (χ1) is 38.1. The van der Waals surface area contributed by atoms with Gasteiger partial charge in [-0.15, -0.1) is 23.5 Å². The zero-order valence-electron chi connectivity index (χ0n) is 50.7. The molecule has 0 aromatic carbocycles. The zero-order chi connectivity index (χ0) is 63.6. The maximum absolute atomic E-state index is 13.2.